The van der Waals surface area contributed by atoms with Crippen molar-refractivity contribution < 1.29 is 23.9 Å². The van der Waals surface area contributed by atoms with E-state index in [1.165, 1.54) is 7.11 Å². The van der Waals surface area contributed by atoms with Crippen LogP contribution in [0.25, 0.3) is 0 Å². The molecule has 1 aromatic rings. The van der Waals surface area contributed by atoms with Crippen LogP contribution in [-0.2, 0) is 19.1 Å². The van der Waals surface area contributed by atoms with Gasteiger partial charge in [0, 0.05) is 12.8 Å². The van der Waals surface area contributed by atoms with E-state index in [2.05, 4.69) is 4.74 Å². The lowest BCUT2D eigenvalue weighted by Gasteiger charge is -2.12. The Morgan fingerprint density at radius 2 is 1.74 bits per heavy atom. The summed E-state index contributed by atoms with van der Waals surface area (Å²) in [5, 5.41) is 0. The molecule has 0 fully saturated rings. The topological polar surface area (TPSA) is 69.7 Å². The molecule has 0 unspecified atom stereocenters. The van der Waals surface area contributed by atoms with Crippen molar-refractivity contribution in [2.75, 3.05) is 7.11 Å². The first-order chi connectivity index (χ1) is 15.0. The van der Waals surface area contributed by atoms with Crippen molar-refractivity contribution in [3.8, 4) is 0 Å². The molecule has 1 aliphatic carbocycles. The summed E-state index contributed by atoms with van der Waals surface area (Å²) in [5.41, 5.74) is 2.54. The Morgan fingerprint density at radius 3 is 2.45 bits per heavy atom. The molecule has 0 bridgehead atoms. The van der Waals surface area contributed by atoms with Crippen molar-refractivity contribution in [2.45, 2.75) is 77.2 Å². The average Bonchev–Trinajstić information content (AvgIpc) is 3.15. The number of unbranched alkanes of at least 4 members (excludes halogenated alkanes) is 4. The summed E-state index contributed by atoms with van der Waals surface area (Å²) in [6.45, 7) is 1.97. The molecule has 0 N–H and O–H groups in total. The molecule has 0 aliphatic heterocycles. The highest BCUT2D eigenvalue weighted by Crippen LogP contribution is 2.28. The molecule has 5 nitrogen and oxygen atoms in total. The number of methoxy groups -OCH3 is 1. The molecule has 0 spiro atoms. The van der Waals surface area contributed by atoms with Crippen LogP contribution in [0, 0.1) is 0 Å². The van der Waals surface area contributed by atoms with Crippen molar-refractivity contribution in [1.82, 2.24) is 0 Å². The number of rotatable bonds is 13. The van der Waals surface area contributed by atoms with Gasteiger partial charge >= 0.3 is 11.9 Å². The number of esters is 2. The van der Waals surface area contributed by atoms with Gasteiger partial charge in [0.05, 0.1) is 12.7 Å². The van der Waals surface area contributed by atoms with Crippen LogP contribution >= 0.6 is 0 Å². The second-order valence-electron chi connectivity index (χ2n) is 7.85. The van der Waals surface area contributed by atoms with Gasteiger partial charge in [-0.05, 0) is 61.5 Å². The zero-order valence-corrected chi connectivity index (χ0v) is 18.7. The first-order valence-corrected chi connectivity index (χ1v) is 11.3. The van der Waals surface area contributed by atoms with E-state index in [4.69, 9.17) is 4.74 Å². The molecule has 0 amide bonds. The second kappa shape index (κ2) is 13.6. The van der Waals surface area contributed by atoms with E-state index < -0.39 is 0 Å². The second-order valence-corrected chi connectivity index (χ2v) is 7.85. The third-order valence-electron chi connectivity index (χ3n) is 5.56. The number of hydrogen-bond acceptors (Lipinski definition) is 5. The number of ketones is 1. The number of carbonyl (C=O) groups excluding carboxylic acids is 3. The lowest BCUT2D eigenvalue weighted by molar-refractivity contribution is -0.140. The van der Waals surface area contributed by atoms with Crippen molar-refractivity contribution in [1.29, 1.82) is 0 Å². The van der Waals surface area contributed by atoms with Crippen LogP contribution in [0.15, 0.2) is 53.6 Å². The van der Waals surface area contributed by atoms with Crippen molar-refractivity contribution in [2.24, 2.45) is 0 Å². The van der Waals surface area contributed by atoms with Gasteiger partial charge in [0.25, 0.3) is 0 Å². The van der Waals surface area contributed by atoms with Crippen LogP contribution in [0.3, 0.4) is 0 Å². The Bertz CT molecular complexity index is 791. The monoisotopic (exact) mass is 426 g/mol. The van der Waals surface area contributed by atoms with Gasteiger partial charge in [-0.3, -0.25) is 9.59 Å². The fourth-order valence-corrected chi connectivity index (χ4v) is 3.68. The van der Waals surface area contributed by atoms with E-state index in [9.17, 15) is 14.4 Å². The van der Waals surface area contributed by atoms with Crippen molar-refractivity contribution >= 4 is 17.7 Å². The maximum atomic E-state index is 12.3. The summed E-state index contributed by atoms with van der Waals surface area (Å²) in [6, 6.07) is 8.97. The highest BCUT2D eigenvalue weighted by Gasteiger charge is 2.21. The molecular formula is C26H34O5. The average molecular weight is 427 g/mol. The molecule has 1 aliphatic rings. The molecule has 0 saturated heterocycles. The molecular weight excluding hydrogens is 392 g/mol. The van der Waals surface area contributed by atoms with E-state index in [-0.39, 0.29) is 23.8 Å². The Balaban J connectivity index is 1.82. The van der Waals surface area contributed by atoms with Crippen LogP contribution in [0.2, 0.25) is 0 Å². The van der Waals surface area contributed by atoms with Gasteiger partial charge in [-0.1, -0.05) is 50.5 Å². The molecule has 5 heteroatoms. The number of hydrogen-bond donors (Lipinski definition) is 0. The fraction of sp³-hybridized carbons (Fsp3) is 0.500. The van der Waals surface area contributed by atoms with Gasteiger partial charge in [0.2, 0.25) is 0 Å². The summed E-state index contributed by atoms with van der Waals surface area (Å²) >= 11 is 0. The number of carbonyl (C=O) groups is 3. The molecule has 2 rings (SSSR count). The van der Waals surface area contributed by atoms with Crippen LogP contribution in [-0.4, -0.2) is 30.9 Å². The maximum Gasteiger partial charge on any atom is 0.338 e. The Morgan fingerprint density at radius 1 is 1.03 bits per heavy atom. The molecule has 0 aromatic heterocycles. The van der Waals surface area contributed by atoms with Gasteiger partial charge in [-0.2, -0.15) is 0 Å². The summed E-state index contributed by atoms with van der Waals surface area (Å²) in [5.74, 6) is -0.251. The highest BCUT2D eigenvalue weighted by molar-refractivity contribution is 5.99. The molecule has 0 radical (unpaired) electrons. The maximum absolute atomic E-state index is 12.3. The third-order valence-corrected chi connectivity index (χ3v) is 5.56. The van der Waals surface area contributed by atoms with Crippen molar-refractivity contribution in [3.05, 3.63) is 59.2 Å². The molecule has 0 saturated carbocycles. The summed E-state index contributed by atoms with van der Waals surface area (Å²) in [4.78, 5) is 35.7. The minimum Gasteiger partial charge on any atom is -0.469 e. The summed E-state index contributed by atoms with van der Waals surface area (Å²) in [6.07, 6.45) is 11.7. The molecule has 1 aromatic carbocycles. The van der Waals surface area contributed by atoms with E-state index in [0.717, 1.165) is 56.1 Å². The lowest BCUT2D eigenvalue weighted by atomic mass is 10.0. The van der Waals surface area contributed by atoms with E-state index >= 15 is 0 Å². The smallest absolute Gasteiger partial charge is 0.338 e. The minimum atomic E-state index is -0.332. The van der Waals surface area contributed by atoms with Crippen molar-refractivity contribution in [3.63, 3.8) is 0 Å². The normalized spacial score (nSPS) is 14.8. The Labute approximate surface area is 185 Å². The molecule has 0 heterocycles. The number of Topliss-reactive ketones (excluding diaryl/α,β-unsaturated/α-hetero) is 1. The van der Waals surface area contributed by atoms with E-state index in [1.54, 1.807) is 12.1 Å². The van der Waals surface area contributed by atoms with Gasteiger partial charge in [0.1, 0.15) is 6.10 Å². The zero-order chi connectivity index (χ0) is 22.5. The third kappa shape index (κ3) is 8.52. The predicted molar refractivity (Wildman–Crippen MR) is 121 cm³/mol. The first-order valence-electron chi connectivity index (χ1n) is 11.3. The number of benzene rings is 1. The highest BCUT2D eigenvalue weighted by atomic mass is 16.5. The Kier molecular flexibility index (Phi) is 10.8. The SMILES string of the molecule is CC[C@@H](/C=C/C1=C(CCCCCCCC(=O)OC)C(=O)CC1)OC(=O)c1ccccc1. The molecule has 1 atom stereocenters. The zero-order valence-electron chi connectivity index (χ0n) is 18.7. The van der Waals surface area contributed by atoms with Gasteiger partial charge in [0.15, 0.2) is 5.78 Å². The number of ether oxygens (including phenoxy) is 2. The first kappa shape index (κ1) is 24.6. The quantitative estimate of drug-likeness (QED) is 0.297. The predicted octanol–water partition coefficient (Wildman–Crippen LogP) is 5.74. The molecule has 168 valence electrons. The van der Waals surface area contributed by atoms with Gasteiger partial charge in [-0.15, -0.1) is 0 Å². The molecule has 31 heavy (non-hydrogen) atoms. The minimum absolute atomic E-state index is 0.155. The van der Waals surface area contributed by atoms with Gasteiger partial charge in [-0.25, -0.2) is 4.79 Å². The van der Waals surface area contributed by atoms with Crippen LogP contribution < -0.4 is 0 Å². The lowest BCUT2D eigenvalue weighted by Crippen LogP contribution is -2.15. The summed E-state index contributed by atoms with van der Waals surface area (Å²) < 4.78 is 10.2. The fourth-order valence-electron chi connectivity index (χ4n) is 3.68. The van der Waals surface area contributed by atoms with Crippen LogP contribution in [0.4, 0.5) is 0 Å². The van der Waals surface area contributed by atoms with E-state index in [1.807, 2.05) is 37.3 Å². The van der Waals surface area contributed by atoms with Crippen LogP contribution in [0.5, 0.6) is 0 Å². The van der Waals surface area contributed by atoms with E-state index in [0.29, 0.717) is 24.8 Å². The largest absolute Gasteiger partial charge is 0.469 e. The van der Waals surface area contributed by atoms with Gasteiger partial charge < -0.3 is 9.47 Å². The Hall–Kier alpha value is -2.69. The summed E-state index contributed by atoms with van der Waals surface area (Å²) in [7, 11) is 1.41. The van der Waals surface area contributed by atoms with Crippen LogP contribution in [0.1, 0.15) is 81.5 Å². The number of allylic oxidation sites excluding steroid dienone is 3. The standard InChI is InChI=1S/C26H34O5/c1-3-22(31-26(29)21-12-8-7-9-13-21)18-16-20-17-19-24(27)23(20)14-10-5-4-6-11-15-25(28)30-2/h7-9,12-13,16,18,22H,3-6,10-11,14-15,17,19H2,1-2H3/b18-16+/t22-/m0/s1.